The fourth-order valence-corrected chi connectivity index (χ4v) is 2.16. The van der Waals surface area contributed by atoms with Crippen molar-refractivity contribution >= 4 is 17.5 Å². The van der Waals surface area contributed by atoms with Gasteiger partial charge in [-0.25, -0.2) is 4.98 Å². The van der Waals surface area contributed by atoms with Crippen LogP contribution in [0.2, 0.25) is 0 Å². The van der Waals surface area contributed by atoms with Crippen LogP contribution in [0.5, 0.6) is 0 Å². The summed E-state index contributed by atoms with van der Waals surface area (Å²) in [4.78, 5) is 28.4. The maximum absolute atomic E-state index is 12.3. The quantitative estimate of drug-likeness (QED) is 0.891. The van der Waals surface area contributed by atoms with Crippen LogP contribution < -0.4 is 10.6 Å². The Morgan fingerprint density at radius 1 is 1.04 bits per heavy atom. The number of aromatic nitrogens is 1. The summed E-state index contributed by atoms with van der Waals surface area (Å²) in [6.07, 6.45) is 0.846. The highest BCUT2D eigenvalue weighted by molar-refractivity contribution is 6.04. The third-order valence-electron chi connectivity index (χ3n) is 3.38. The van der Waals surface area contributed by atoms with E-state index in [2.05, 4.69) is 15.6 Å². The zero-order valence-corrected chi connectivity index (χ0v) is 13.6. The van der Waals surface area contributed by atoms with Crippen molar-refractivity contribution in [3.8, 4) is 0 Å². The van der Waals surface area contributed by atoms with Crippen LogP contribution in [0.4, 0.5) is 5.69 Å². The van der Waals surface area contributed by atoms with Crippen molar-refractivity contribution in [1.82, 2.24) is 10.3 Å². The number of anilines is 1. The highest BCUT2D eigenvalue weighted by atomic mass is 16.2. The van der Waals surface area contributed by atoms with Gasteiger partial charge in [0.2, 0.25) is 0 Å². The largest absolute Gasteiger partial charge is 0.351 e. The van der Waals surface area contributed by atoms with E-state index in [1.807, 2.05) is 39.0 Å². The van der Waals surface area contributed by atoms with Gasteiger partial charge >= 0.3 is 0 Å². The van der Waals surface area contributed by atoms with Gasteiger partial charge < -0.3 is 10.6 Å². The Kier molecular flexibility index (Phi) is 5.46. The van der Waals surface area contributed by atoms with Gasteiger partial charge in [-0.15, -0.1) is 0 Å². The molecule has 1 aromatic carbocycles. The van der Waals surface area contributed by atoms with E-state index in [0.717, 1.165) is 23.2 Å². The smallest absolute Gasteiger partial charge is 0.274 e. The SMILES string of the molecule is CCCNC(=O)c1cccc(C(=O)Nc2ccc(C)cc2C)n1. The van der Waals surface area contributed by atoms with E-state index in [1.54, 1.807) is 18.2 Å². The van der Waals surface area contributed by atoms with Crippen LogP contribution in [0.3, 0.4) is 0 Å². The number of carbonyl (C=O) groups excluding carboxylic acids is 2. The van der Waals surface area contributed by atoms with Crippen LogP contribution in [0, 0.1) is 13.8 Å². The molecule has 0 fully saturated rings. The van der Waals surface area contributed by atoms with Crippen LogP contribution in [0.15, 0.2) is 36.4 Å². The third kappa shape index (κ3) is 4.39. The van der Waals surface area contributed by atoms with Crippen molar-refractivity contribution in [2.24, 2.45) is 0 Å². The van der Waals surface area contributed by atoms with E-state index in [4.69, 9.17) is 0 Å². The summed E-state index contributed by atoms with van der Waals surface area (Å²) in [5.41, 5.74) is 3.31. The molecule has 120 valence electrons. The second-order valence-electron chi connectivity index (χ2n) is 5.44. The van der Waals surface area contributed by atoms with E-state index in [0.29, 0.717) is 6.54 Å². The van der Waals surface area contributed by atoms with Crippen LogP contribution in [0.25, 0.3) is 0 Å². The summed E-state index contributed by atoms with van der Waals surface area (Å²) in [7, 11) is 0. The average molecular weight is 311 g/mol. The average Bonchev–Trinajstić information content (AvgIpc) is 2.55. The van der Waals surface area contributed by atoms with Crippen molar-refractivity contribution in [3.05, 3.63) is 58.9 Å². The summed E-state index contributed by atoms with van der Waals surface area (Å²) < 4.78 is 0. The molecule has 0 saturated carbocycles. The van der Waals surface area contributed by atoms with Gasteiger partial charge in [-0.05, 0) is 44.0 Å². The van der Waals surface area contributed by atoms with Gasteiger partial charge in [0.15, 0.2) is 0 Å². The van der Waals surface area contributed by atoms with Crippen molar-refractivity contribution in [2.75, 3.05) is 11.9 Å². The number of amides is 2. The van der Waals surface area contributed by atoms with Gasteiger partial charge in [0.05, 0.1) is 0 Å². The molecular weight excluding hydrogens is 290 g/mol. The summed E-state index contributed by atoms with van der Waals surface area (Å²) in [5.74, 6) is -0.602. The fraction of sp³-hybridized carbons (Fsp3) is 0.278. The molecule has 5 nitrogen and oxygen atoms in total. The highest BCUT2D eigenvalue weighted by Crippen LogP contribution is 2.16. The van der Waals surface area contributed by atoms with Crippen LogP contribution in [-0.4, -0.2) is 23.3 Å². The normalized spacial score (nSPS) is 10.2. The lowest BCUT2D eigenvalue weighted by molar-refractivity contribution is 0.0948. The molecule has 2 rings (SSSR count). The zero-order valence-electron chi connectivity index (χ0n) is 13.6. The van der Waals surface area contributed by atoms with Gasteiger partial charge in [0.1, 0.15) is 11.4 Å². The number of hydrogen-bond acceptors (Lipinski definition) is 3. The second kappa shape index (κ2) is 7.54. The van der Waals surface area contributed by atoms with E-state index in [9.17, 15) is 9.59 Å². The van der Waals surface area contributed by atoms with Crippen LogP contribution in [0.1, 0.15) is 45.4 Å². The molecule has 0 saturated heterocycles. The Morgan fingerprint density at radius 3 is 2.39 bits per heavy atom. The molecule has 0 aliphatic rings. The van der Waals surface area contributed by atoms with Gasteiger partial charge in [-0.1, -0.05) is 30.7 Å². The maximum atomic E-state index is 12.3. The molecule has 0 aliphatic heterocycles. The molecule has 0 radical (unpaired) electrons. The molecule has 0 aliphatic carbocycles. The Hall–Kier alpha value is -2.69. The van der Waals surface area contributed by atoms with Gasteiger partial charge in [-0.2, -0.15) is 0 Å². The Labute approximate surface area is 136 Å². The molecule has 2 aromatic rings. The third-order valence-corrected chi connectivity index (χ3v) is 3.38. The van der Waals surface area contributed by atoms with Crippen molar-refractivity contribution in [2.45, 2.75) is 27.2 Å². The van der Waals surface area contributed by atoms with E-state index in [1.165, 1.54) is 0 Å². The maximum Gasteiger partial charge on any atom is 0.274 e. The first-order chi connectivity index (χ1) is 11.0. The lowest BCUT2D eigenvalue weighted by atomic mass is 10.1. The van der Waals surface area contributed by atoms with Crippen LogP contribution in [-0.2, 0) is 0 Å². The van der Waals surface area contributed by atoms with Crippen LogP contribution >= 0.6 is 0 Å². The number of benzene rings is 1. The van der Waals surface area contributed by atoms with E-state index < -0.39 is 0 Å². The number of pyridine rings is 1. The summed E-state index contributed by atoms with van der Waals surface area (Å²) in [6, 6.07) is 10.6. The minimum absolute atomic E-state index is 0.217. The van der Waals surface area contributed by atoms with Crippen molar-refractivity contribution < 1.29 is 9.59 Å². The number of rotatable bonds is 5. The lowest BCUT2D eigenvalue weighted by Gasteiger charge is -2.09. The van der Waals surface area contributed by atoms with Gasteiger partial charge in [0, 0.05) is 12.2 Å². The standard InChI is InChI=1S/C18H21N3O2/c1-4-10-19-17(22)15-6-5-7-16(20-15)18(23)21-14-9-8-12(2)11-13(14)3/h5-9,11H,4,10H2,1-3H3,(H,19,22)(H,21,23). The molecule has 0 unspecified atom stereocenters. The molecule has 0 spiro atoms. The molecular formula is C18H21N3O2. The Balaban J connectivity index is 2.15. The molecule has 1 heterocycles. The number of aryl methyl sites for hydroxylation is 2. The minimum atomic E-state index is -0.331. The summed E-state index contributed by atoms with van der Waals surface area (Å²) >= 11 is 0. The topological polar surface area (TPSA) is 71.1 Å². The van der Waals surface area contributed by atoms with Gasteiger partial charge in [-0.3, -0.25) is 9.59 Å². The van der Waals surface area contributed by atoms with Crippen molar-refractivity contribution in [1.29, 1.82) is 0 Å². The molecule has 2 amide bonds. The first kappa shape index (κ1) is 16.7. The van der Waals surface area contributed by atoms with Crippen molar-refractivity contribution in [3.63, 3.8) is 0 Å². The number of hydrogen-bond donors (Lipinski definition) is 2. The monoisotopic (exact) mass is 311 g/mol. The molecule has 1 aromatic heterocycles. The molecule has 0 bridgehead atoms. The summed E-state index contributed by atoms with van der Waals surface area (Å²) in [5, 5.41) is 5.58. The predicted octanol–water partition coefficient (Wildman–Crippen LogP) is 3.09. The number of carbonyl (C=O) groups is 2. The highest BCUT2D eigenvalue weighted by Gasteiger charge is 2.13. The van der Waals surface area contributed by atoms with E-state index in [-0.39, 0.29) is 23.2 Å². The molecule has 23 heavy (non-hydrogen) atoms. The minimum Gasteiger partial charge on any atom is -0.351 e. The second-order valence-corrected chi connectivity index (χ2v) is 5.44. The molecule has 2 N–H and O–H groups in total. The van der Waals surface area contributed by atoms with Gasteiger partial charge in [0.25, 0.3) is 11.8 Å². The molecule has 5 heteroatoms. The molecule has 0 atom stereocenters. The Bertz CT molecular complexity index is 726. The first-order valence-corrected chi connectivity index (χ1v) is 7.65. The Morgan fingerprint density at radius 2 is 1.74 bits per heavy atom. The lowest BCUT2D eigenvalue weighted by Crippen LogP contribution is -2.26. The van der Waals surface area contributed by atoms with E-state index >= 15 is 0 Å². The number of nitrogens with one attached hydrogen (secondary N) is 2. The first-order valence-electron chi connectivity index (χ1n) is 7.65. The zero-order chi connectivity index (χ0) is 16.8. The summed E-state index contributed by atoms with van der Waals surface area (Å²) in [6.45, 7) is 6.49. The fourth-order valence-electron chi connectivity index (χ4n) is 2.16. The number of nitrogens with zero attached hydrogens (tertiary/aromatic N) is 1. The predicted molar refractivity (Wildman–Crippen MR) is 90.7 cm³/mol.